The van der Waals surface area contributed by atoms with Gasteiger partial charge in [0.2, 0.25) is 0 Å². The van der Waals surface area contributed by atoms with Crippen LogP contribution in [-0.2, 0) is 0 Å². The highest BCUT2D eigenvalue weighted by molar-refractivity contribution is 5.08. The molecule has 1 aliphatic carbocycles. The molecule has 72 valence electrons. The molecular formula is C12H24. The van der Waals surface area contributed by atoms with Crippen molar-refractivity contribution >= 4 is 0 Å². The van der Waals surface area contributed by atoms with E-state index in [1.54, 1.807) is 0 Å². The zero-order chi connectivity index (χ0) is 9.52. The summed E-state index contributed by atoms with van der Waals surface area (Å²) in [6.45, 7) is 14.4. The van der Waals surface area contributed by atoms with Crippen molar-refractivity contribution in [3.8, 4) is 0 Å². The molecule has 0 saturated heterocycles. The summed E-state index contributed by atoms with van der Waals surface area (Å²) < 4.78 is 0. The number of hydrogen-bond acceptors (Lipinski definition) is 0. The molecule has 1 saturated carbocycles. The van der Waals surface area contributed by atoms with Gasteiger partial charge in [-0.3, -0.25) is 0 Å². The standard InChI is InChI=1S/C12H24/c1-7-9(4)12(6)10(5)11(12)8(2)3/h8-11H,7H2,1-6H3. The van der Waals surface area contributed by atoms with Crippen molar-refractivity contribution < 1.29 is 0 Å². The Bertz CT molecular complexity index is 159. The van der Waals surface area contributed by atoms with E-state index >= 15 is 0 Å². The van der Waals surface area contributed by atoms with Gasteiger partial charge in [0.05, 0.1) is 0 Å². The topological polar surface area (TPSA) is 0 Å². The van der Waals surface area contributed by atoms with E-state index < -0.39 is 0 Å². The summed E-state index contributed by atoms with van der Waals surface area (Å²) in [5, 5.41) is 0. The molecule has 0 heterocycles. The van der Waals surface area contributed by atoms with Crippen molar-refractivity contribution in [3.63, 3.8) is 0 Å². The Kier molecular flexibility index (Phi) is 2.56. The van der Waals surface area contributed by atoms with Crippen LogP contribution < -0.4 is 0 Å². The maximum atomic E-state index is 2.48. The van der Waals surface area contributed by atoms with Crippen LogP contribution in [0.15, 0.2) is 0 Å². The van der Waals surface area contributed by atoms with Crippen LogP contribution in [0.4, 0.5) is 0 Å². The van der Waals surface area contributed by atoms with Crippen LogP contribution in [0.3, 0.4) is 0 Å². The lowest BCUT2D eigenvalue weighted by molar-refractivity contribution is 0.286. The van der Waals surface area contributed by atoms with Crippen molar-refractivity contribution in [3.05, 3.63) is 0 Å². The first-order chi connectivity index (χ1) is 5.46. The Morgan fingerprint density at radius 2 is 1.75 bits per heavy atom. The molecule has 4 atom stereocenters. The Balaban J connectivity index is 2.65. The predicted molar refractivity (Wildman–Crippen MR) is 55.1 cm³/mol. The molecule has 12 heavy (non-hydrogen) atoms. The normalized spacial score (nSPS) is 43.2. The van der Waals surface area contributed by atoms with Gasteiger partial charge in [0, 0.05) is 0 Å². The minimum Gasteiger partial charge on any atom is -0.0651 e. The summed E-state index contributed by atoms with van der Waals surface area (Å²) >= 11 is 0. The molecule has 1 aliphatic rings. The van der Waals surface area contributed by atoms with Gasteiger partial charge >= 0.3 is 0 Å². The molecule has 0 aliphatic heterocycles. The van der Waals surface area contributed by atoms with Crippen LogP contribution in [-0.4, -0.2) is 0 Å². The lowest BCUT2D eigenvalue weighted by atomic mass is 9.85. The van der Waals surface area contributed by atoms with E-state index in [1.807, 2.05) is 0 Å². The fourth-order valence-electron chi connectivity index (χ4n) is 3.31. The quantitative estimate of drug-likeness (QED) is 0.598. The third-order valence-electron chi connectivity index (χ3n) is 4.52. The van der Waals surface area contributed by atoms with Crippen LogP contribution in [0, 0.1) is 29.1 Å². The Morgan fingerprint density at radius 3 is 2.00 bits per heavy atom. The summed E-state index contributed by atoms with van der Waals surface area (Å²) in [4.78, 5) is 0. The molecule has 0 nitrogen and oxygen atoms in total. The largest absolute Gasteiger partial charge is 0.0651 e. The second-order valence-electron chi connectivity index (χ2n) is 5.23. The van der Waals surface area contributed by atoms with Gasteiger partial charge < -0.3 is 0 Å². The van der Waals surface area contributed by atoms with Gasteiger partial charge in [0.15, 0.2) is 0 Å². The fourth-order valence-corrected chi connectivity index (χ4v) is 3.31. The maximum absolute atomic E-state index is 2.48. The lowest BCUT2D eigenvalue weighted by Gasteiger charge is -2.20. The molecule has 1 rings (SSSR count). The minimum atomic E-state index is 0.656. The van der Waals surface area contributed by atoms with E-state index in [0.29, 0.717) is 5.41 Å². The third kappa shape index (κ3) is 1.20. The van der Waals surface area contributed by atoms with Crippen LogP contribution >= 0.6 is 0 Å². The van der Waals surface area contributed by atoms with Gasteiger partial charge in [-0.25, -0.2) is 0 Å². The van der Waals surface area contributed by atoms with Crippen LogP contribution in [0.2, 0.25) is 0 Å². The summed E-state index contributed by atoms with van der Waals surface area (Å²) in [5.41, 5.74) is 0.656. The van der Waals surface area contributed by atoms with Crippen molar-refractivity contribution in [2.24, 2.45) is 29.1 Å². The average molecular weight is 168 g/mol. The van der Waals surface area contributed by atoms with E-state index in [4.69, 9.17) is 0 Å². The molecule has 0 heteroatoms. The predicted octanol–water partition coefficient (Wildman–Crippen LogP) is 3.96. The molecule has 0 aromatic carbocycles. The first kappa shape index (κ1) is 10.1. The fraction of sp³-hybridized carbons (Fsp3) is 1.00. The molecular weight excluding hydrogens is 144 g/mol. The highest BCUT2D eigenvalue weighted by atomic mass is 14.6. The van der Waals surface area contributed by atoms with Gasteiger partial charge in [-0.15, -0.1) is 0 Å². The molecule has 4 unspecified atom stereocenters. The average Bonchev–Trinajstić information content (AvgIpc) is 2.55. The summed E-state index contributed by atoms with van der Waals surface area (Å²) in [6.07, 6.45) is 1.34. The summed E-state index contributed by atoms with van der Waals surface area (Å²) in [6, 6.07) is 0. The number of hydrogen-bond donors (Lipinski definition) is 0. The second kappa shape index (κ2) is 3.05. The van der Waals surface area contributed by atoms with Gasteiger partial charge in [0.25, 0.3) is 0 Å². The highest BCUT2D eigenvalue weighted by Gasteiger charge is 2.60. The van der Waals surface area contributed by atoms with E-state index in [2.05, 4.69) is 41.5 Å². The van der Waals surface area contributed by atoms with Crippen LogP contribution in [0.1, 0.15) is 48.0 Å². The van der Waals surface area contributed by atoms with Gasteiger partial charge in [-0.05, 0) is 29.1 Å². The molecule has 0 spiro atoms. The second-order valence-corrected chi connectivity index (χ2v) is 5.23. The van der Waals surface area contributed by atoms with E-state index in [-0.39, 0.29) is 0 Å². The molecule has 0 radical (unpaired) electrons. The summed E-state index contributed by atoms with van der Waals surface area (Å²) in [5.74, 6) is 3.71. The first-order valence-corrected chi connectivity index (χ1v) is 5.46. The molecule has 0 bridgehead atoms. The molecule has 1 fully saturated rings. The van der Waals surface area contributed by atoms with E-state index in [1.165, 1.54) is 6.42 Å². The van der Waals surface area contributed by atoms with Crippen molar-refractivity contribution in [2.45, 2.75) is 48.0 Å². The van der Waals surface area contributed by atoms with Crippen molar-refractivity contribution in [1.29, 1.82) is 0 Å². The smallest absolute Gasteiger partial charge is 0.0238 e. The highest BCUT2D eigenvalue weighted by Crippen LogP contribution is 2.66. The third-order valence-corrected chi connectivity index (χ3v) is 4.52. The SMILES string of the molecule is CCC(C)C1(C)C(C)C1C(C)C. The maximum Gasteiger partial charge on any atom is -0.0238 e. The molecule has 0 amide bonds. The van der Waals surface area contributed by atoms with Crippen LogP contribution in [0.25, 0.3) is 0 Å². The monoisotopic (exact) mass is 168 g/mol. The molecule has 0 aromatic heterocycles. The minimum absolute atomic E-state index is 0.656. The molecule has 0 aromatic rings. The first-order valence-electron chi connectivity index (χ1n) is 5.46. The van der Waals surface area contributed by atoms with Crippen molar-refractivity contribution in [1.82, 2.24) is 0 Å². The Hall–Kier alpha value is 0. The molecule has 0 N–H and O–H groups in total. The van der Waals surface area contributed by atoms with Crippen LogP contribution in [0.5, 0.6) is 0 Å². The number of rotatable bonds is 3. The Labute approximate surface area is 77.7 Å². The van der Waals surface area contributed by atoms with Gasteiger partial charge in [0.1, 0.15) is 0 Å². The zero-order valence-corrected chi connectivity index (χ0v) is 9.52. The van der Waals surface area contributed by atoms with Crippen molar-refractivity contribution in [2.75, 3.05) is 0 Å². The van der Waals surface area contributed by atoms with Gasteiger partial charge in [-0.1, -0.05) is 48.0 Å². The Morgan fingerprint density at radius 1 is 1.25 bits per heavy atom. The van der Waals surface area contributed by atoms with E-state index in [9.17, 15) is 0 Å². The zero-order valence-electron chi connectivity index (χ0n) is 9.52. The van der Waals surface area contributed by atoms with Gasteiger partial charge in [-0.2, -0.15) is 0 Å². The summed E-state index contributed by atoms with van der Waals surface area (Å²) in [7, 11) is 0. The lowest BCUT2D eigenvalue weighted by Crippen LogP contribution is -2.13. The van der Waals surface area contributed by atoms with E-state index in [0.717, 1.165) is 23.7 Å².